The molecular weight excluding hydrogens is 289 g/mol. The van der Waals surface area contributed by atoms with Crippen LogP contribution in [0.4, 0.5) is 0 Å². The normalized spacial score (nSPS) is 21.3. The summed E-state index contributed by atoms with van der Waals surface area (Å²) >= 11 is 7.84. The Morgan fingerprint density at radius 1 is 1.50 bits per heavy atom. The van der Waals surface area contributed by atoms with Gasteiger partial charge in [-0.3, -0.25) is 0 Å². The van der Waals surface area contributed by atoms with Gasteiger partial charge in [0.05, 0.1) is 6.61 Å². The largest absolute Gasteiger partial charge is 0.492 e. The standard InChI is InChI=1S/C13H18ClNOS.ClH/c1-17-5-4-16-13-3-2-10(14)7-12(13)11-6-9(11)8-15;/h2-3,7,9,11H,4-6,8,15H2,1H3;1H/t9-,11+;/m1./s1. The monoisotopic (exact) mass is 307 g/mol. The smallest absolute Gasteiger partial charge is 0.122 e. The van der Waals surface area contributed by atoms with Crippen LogP contribution in [-0.4, -0.2) is 25.2 Å². The van der Waals surface area contributed by atoms with E-state index >= 15 is 0 Å². The van der Waals surface area contributed by atoms with Crippen molar-refractivity contribution < 1.29 is 4.74 Å². The fraction of sp³-hybridized carbons (Fsp3) is 0.538. The second kappa shape index (κ2) is 7.49. The van der Waals surface area contributed by atoms with Crippen LogP contribution in [0.5, 0.6) is 5.75 Å². The fourth-order valence-corrected chi connectivity index (χ4v) is 2.50. The van der Waals surface area contributed by atoms with Crippen molar-refractivity contribution in [2.24, 2.45) is 11.7 Å². The zero-order valence-corrected chi connectivity index (χ0v) is 12.8. The van der Waals surface area contributed by atoms with E-state index in [9.17, 15) is 0 Å². The average molecular weight is 308 g/mol. The van der Waals surface area contributed by atoms with E-state index in [-0.39, 0.29) is 12.4 Å². The van der Waals surface area contributed by atoms with Gasteiger partial charge in [0.2, 0.25) is 0 Å². The first-order valence-electron chi connectivity index (χ1n) is 5.87. The van der Waals surface area contributed by atoms with E-state index in [1.807, 2.05) is 18.2 Å². The van der Waals surface area contributed by atoms with Crippen molar-refractivity contribution in [2.45, 2.75) is 12.3 Å². The zero-order chi connectivity index (χ0) is 12.3. The molecule has 0 saturated heterocycles. The van der Waals surface area contributed by atoms with Gasteiger partial charge in [-0.1, -0.05) is 11.6 Å². The number of thioether (sulfide) groups is 1. The molecule has 0 spiro atoms. The third-order valence-electron chi connectivity index (χ3n) is 3.14. The number of benzene rings is 1. The maximum Gasteiger partial charge on any atom is 0.122 e. The minimum absolute atomic E-state index is 0. The van der Waals surface area contributed by atoms with Crippen LogP contribution in [0.15, 0.2) is 18.2 Å². The van der Waals surface area contributed by atoms with E-state index in [4.69, 9.17) is 22.1 Å². The minimum atomic E-state index is 0. The molecule has 2 atom stereocenters. The Morgan fingerprint density at radius 2 is 2.28 bits per heavy atom. The molecule has 0 aliphatic heterocycles. The van der Waals surface area contributed by atoms with Crippen LogP contribution in [0.1, 0.15) is 17.9 Å². The molecule has 1 aliphatic carbocycles. The molecular formula is C13H19Cl2NOS. The molecule has 2 N–H and O–H groups in total. The first kappa shape index (κ1) is 16.0. The molecule has 1 aromatic carbocycles. The summed E-state index contributed by atoms with van der Waals surface area (Å²) in [5, 5.41) is 0.778. The van der Waals surface area contributed by atoms with Crippen LogP contribution in [0, 0.1) is 5.92 Å². The van der Waals surface area contributed by atoms with Crippen LogP contribution < -0.4 is 10.5 Å². The second-order valence-corrected chi connectivity index (χ2v) is 5.78. The average Bonchev–Trinajstić information content (AvgIpc) is 3.10. The fourth-order valence-electron chi connectivity index (χ4n) is 2.06. The summed E-state index contributed by atoms with van der Waals surface area (Å²) in [6.45, 7) is 1.50. The molecule has 0 aromatic heterocycles. The molecule has 5 heteroatoms. The molecule has 0 unspecified atom stereocenters. The van der Waals surface area contributed by atoms with Gasteiger partial charge in [0, 0.05) is 10.8 Å². The SMILES string of the molecule is CSCCOc1ccc(Cl)cc1[C@H]1C[C@@H]1CN.Cl. The van der Waals surface area contributed by atoms with Gasteiger partial charge in [0.25, 0.3) is 0 Å². The van der Waals surface area contributed by atoms with Gasteiger partial charge >= 0.3 is 0 Å². The summed E-state index contributed by atoms with van der Waals surface area (Å²) in [5.74, 6) is 3.14. The summed E-state index contributed by atoms with van der Waals surface area (Å²) in [7, 11) is 0. The molecule has 0 heterocycles. The van der Waals surface area contributed by atoms with Crippen molar-refractivity contribution in [3.05, 3.63) is 28.8 Å². The molecule has 2 rings (SSSR count). The number of hydrogen-bond acceptors (Lipinski definition) is 3. The van der Waals surface area contributed by atoms with Gasteiger partial charge in [-0.15, -0.1) is 12.4 Å². The van der Waals surface area contributed by atoms with E-state index in [2.05, 4.69) is 6.26 Å². The van der Waals surface area contributed by atoms with Crippen LogP contribution >= 0.6 is 35.8 Å². The Labute approximate surface area is 124 Å². The lowest BCUT2D eigenvalue weighted by Gasteiger charge is -2.11. The van der Waals surface area contributed by atoms with Crippen molar-refractivity contribution in [1.82, 2.24) is 0 Å². The molecule has 1 aliphatic rings. The molecule has 102 valence electrons. The summed E-state index contributed by atoms with van der Waals surface area (Å²) in [6, 6.07) is 5.89. The van der Waals surface area contributed by atoms with Gasteiger partial charge < -0.3 is 10.5 Å². The van der Waals surface area contributed by atoms with Crippen molar-refractivity contribution >= 4 is 35.8 Å². The van der Waals surface area contributed by atoms with E-state index < -0.39 is 0 Å². The molecule has 0 amide bonds. The number of hydrogen-bond donors (Lipinski definition) is 1. The minimum Gasteiger partial charge on any atom is -0.492 e. The highest BCUT2D eigenvalue weighted by Crippen LogP contribution is 2.50. The maximum atomic E-state index is 6.05. The molecule has 1 saturated carbocycles. The molecule has 0 bridgehead atoms. The quantitative estimate of drug-likeness (QED) is 0.816. The van der Waals surface area contributed by atoms with Crippen molar-refractivity contribution in [3.8, 4) is 5.75 Å². The molecule has 1 aromatic rings. The molecule has 0 radical (unpaired) electrons. The summed E-state index contributed by atoms with van der Waals surface area (Å²) in [4.78, 5) is 0. The Morgan fingerprint density at radius 3 is 2.89 bits per heavy atom. The van der Waals surface area contributed by atoms with Gasteiger partial charge in [0.1, 0.15) is 5.75 Å². The first-order valence-corrected chi connectivity index (χ1v) is 7.64. The Balaban J connectivity index is 0.00000162. The third-order valence-corrected chi connectivity index (χ3v) is 3.95. The topological polar surface area (TPSA) is 35.2 Å². The number of nitrogens with two attached hydrogens (primary N) is 1. The van der Waals surface area contributed by atoms with Gasteiger partial charge in [-0.2, -0.15) is 11.8 Å². The number of rotatable bonds is 6. The van der Waals surface area contributed by atoms with Crippen LogP contribution in [0.25, 0.3) is 0 Å². The predicted molar refractivity (Wildman–Crippen MR) is 82.5 cm³/mol. The number of ether oxygens (including phenoxy) is 1. The highest BCUT2D eigenvalue weighted by atomic mass is 35.5. The Bertz CT molecular complexity index is 389. The summed E-state index contributed by atoms with van der Waals surface area (Å²) in [5.41, 5.74) is 6.92. The highest BCUT2D eigenvalue weighted by Gasteiger charge is 2.38. The van der Waals surface area contributed by atoms with Crippen LogP contribution in [-0.2, 0) is 0 Å². The third kappa shape index (κ3) is 3.95. The lowest BCUT2D eigenvalue weighted by atomic mass is 10.1. The molecule has 2 nitrogen and oxygen atoms in total. The summed E-state index contributed by atoms with van der Waals surface area (Å²) in [6.07, 6.45) is 3.24. The maximum absolute atomic E-state index is 6.05. The summed E-state index contributed by atoms with van der Waals surface area (Å²) < 4.78 is 5.81. The second-order valence-electron chi connectivity index (χ2n) is 4.36. The van der Waals surface area contributed by atoms with Gasteiger partial charge in [-0.25, -0.2) is 0 Å². The predicted octanol–water partition coefficient (Wildman–Crippen LogP) is 3.57. The molecule has 18 heavy (non-hydrogen) atoms. The van der Waals surface area contributed by atoms with Crippen molar-refractivity contribution in [2.75, 3.05) is 25.2 Å². The number of halogens is 2. The first-order chi connectivity index (χ1) is 8.26. The van der Waals surface area contributed by atoms with E-state index in [0.717, 1.165) is 36.1 Å². The van der Waals surface area contributed by atoms with Crippen molar-refractivity contribution in [3.63, 3.8) is 0 Å². The molecule has 1 fully saturated rings. The van der Waals surface area contributed by atoms with E-state index in [0.29, 0.717) is 11.8 Å². The van der Waals surface area contributed by atoms with Gasteiger partial charge in [-0.05, 0) is 54.8 Å². The van der Waals surface area contributed by atoms with E-state index in [1.54, 1.807) is 11.8 Å². The Hall–Kier alpha value is -0.0900. The highest BCUT2D eigenvalue weighted by molar-refractivity contribution is 7.98. The van der Waals surface area contributed by atoms with Crippen LogP contribution in [0.3, 0.4) is 0 Å². The lowest BCUT2D eigenvalue weighted by molar-refractivity contribution is 0.340. The Kier molecular flexibility index (Phi) is 6.64. The van der Waals surface area contributed by atoms with Crippen LogP contribution in [0.2, 0.25) is 5.02 Å². The van der Waals surface area contributed by atoms with Crippen molar-refractivity contribution in [1.29, 1.82) is 0 Å². The van der Waals surface area contributed by atoms with Gasteiger partial charge in [0.15, 0.2) is 0 Å². The van der Waals surface area contributed by atoms with E-state index in [1.165, 1.54) is 5.56 Å². The zero-order valence-electron chi connectivity index (χ0n) is 10.4. The lowest BCUT2D eigenvalue weighted by Crippen LogP contribution is -2.04.